The van der Waals surface area contributed by atoms with Crippen molar-refractivity contribution in [2.45, 2.75) is 26.7 Å². The van der Waals surface area contributed by atoms with E-state index in [0.29, 0.717) is 11.8 Å². The molecule has 0 aromatic heterocycles. The van der Waals surface area contributed by atoms with Gasteiger partial charge in [0.2, 0.25) is 17.7 Å². The lowest BCUT2D eigenvalue weighted by Crippen LogP contribution is -2.40. The van der Waals surface area contributed by atoms with Crippen molar-refractivity contribution in [3.05, 3.63) is 41.5 Å². The molecule has 3 amide bonds. The Morgan fingerprint density at radius 1 is 1.04 bits per heavy atom. The second kappa shape index (κ2) is 5.78. The fourth-order valence-electron chi connectivity index (χ4n) is 5.50. The third kappa shape index (κ3) is 2.47. The lowest BCUT2D eigenvalue weighted by molar-refractivity contribution is -0.140. The van der Waals surface area contributed by atoms with Gasteiger partial charge in [-0.3, -0.25) is 19.3 Å². The maximum atomic E-state index is 12.9. The Kier molecular flexibility index (Phi) is 3.58. The summed E-state index contributed by atoms with van der Waals surface area (Å²) in [7, 11) is 0. The first kappa shape index (κ1) is 16.7. The Morgan fingerprint density at radius 3 is 2.26 bits per heavy atom. The van der Waals surface area contributed by atoms with Gasteiger partial charge in [0.1, 0.15) is 0 Å². The number of benzene rings is 1. The normalized spacial score (nSPS) is 35.3. The summed E-state index contributed by atoms with van der Waals surface area (Å²) in [6.07, 6.45) is 5.63. The summed E-state index contributed by atoms with van der Waals surface area (Å²) in [5.74, 6) is 1.02. The molecule has 1 heterocycles. The zero-order valence-electron chi connectivity index (χ0n) is 15.6. The SMILES string of the molecule is Cc1ccc(NC(=O)CCN2C(=O)[C@@H]3[C@@H]4C=C[C@H]([C@H]5C[C@H]45)[C@@H]3C2=O)cc1C. The highest BCUT2D eigenvalue weighted by molar-refractivity contribution is 6.06. The van der Waals surface area contributed by atoms with Crippen LogP contribution >= 0.6 is 0 Å². The van der Waals surface area contributed by atoms with Gasteiger partial charge in [0.05, 0.1) is 11.8 Å². The van der Waals surface area contributed by atoms with Crippen molar-refractivity contribution >= 4 is 23.4 Å². The van der Waals surface area contributed by atoms with Gasteiger partial charge in [0.25, 0.3) is 0 Å². The minimum atomic E-state index is -0.181. The Morgan fingerprint density at radius 2 is 1.67 bits per heavy atom. The molecular formula is C22H24N2O3. The highest BCUT2D eigenvalue weighted by Crippen LogP contribution is 2.65. The fraction of sp³-hybridized carbons (Fsp3) is 0.500. The van der Waals surface area contributed by atoms with E-state index in [9.17, 15) is 14.4 Å². The molecular weight excluding hydrogens is 340 g/mol. The van der Waals surface area contributed by atoms with Gasteiger partial charge in [-0.05, 0) is 67.2 Å². The summed E-state index contributed by atoms with van der Waals surface area (Å²) in [6, 6.07) is 5.78. The second-order valence-corrected chi connectivity index (χ2v) is 8.58. The lowest BCUT2D eigenvalue weighted by atomic mass is 9.63. The number of allylic oxidation sites excluding steroid dienone is 2. The van der Waals surface area contributed by atoms with Crippen LogP contribution in [0.5, 0.6) is 0 Å². The van der Waals surface area contributed by atoms with E-state index < -0.39 is 0 Å². The number of amides is 3. The maximum Gasteiger partial charge on any atom is 0.233 e. The molecule has 1 N–H and O–H groups in total. The van der Waals surface area contributed by atoms with Crippen molar-refractivity contribution in [1.82, 2.24) is 4.90 Å². The molecule has 0 spiro atoms. The van der Waals surface area contributed by atoms with Gasteiger partial charge in [0, 0.05) is 18.7 Å². The van der Waals surface area contributed by atoms with Crippen LogP contribution in [0, 0.1) is 49.4 Å². The molecule has 6 atom stereocenters. The number of likely N-dealkylation sites (tertiary alicyclic amines) is 1. The van der Waals surface area contributed by atoms with Crippen molar-refractivity contribution in [3.8, 4) is 0 Å². The number of hydrogen-bond donors (Lipinski definition) is 1. The summed E-state index contributed by atoms with van der Waals surface area (Å²) in [6.45, 7) is 4.20. The molecule has 5 aliphatic rings. The van der Waals surface area contributed by atoms with Crippen LogP contribution in [0.15, 0.2) is 30.4 Å². The van der Waals surface area contributed by atoms with Crippen LogP contribution in [0.4, 0.5) is 5.69 Å². The van der Waals surface area contributed by atoms with Crippen LogP contribution in [-0.2, 0) is 14.4 Å². The van der Waals surface area contributed by atoms with Crippen molar-refractivity contribution in [3.63, 3.8) is 0 Å². The largest absolute Gasteiger partial charge is 0.326 e. The monoisotopic (exact) mass is 364 g/mol. The number of aryl methyl sites for hydroxylation is 2. The predicted molar refractivity (Wildman–Crippen MR) is 101 cm³/mol. The third-order valence-electron chi connectivity index (χ3n) is 7.11. The molecule has 5 heteroatoms. The topological polar surface area (TPSA) is 66.5 Å². The van der Waals surface area contributed by atoms with E-state index >= 15 is 0 Å². The molecule has 0 radical (unpaired) electrons. The molecule has 1 aliphatic heterocycles. The highest BCUT2D eigenvalue weighted by Gasteiger charge is 2.66. The molecule has 6 rings (SSSR count). The first-order valence-electron chi connectivity index (χ1n) is 9.86. The van der Waals surface area contributed by atoms with Gasteiger partial charge in [-0.2, -0.15) is 0 Å². The number of rotatable bonds is 4. The summed E-state index contributed by atoms with van der Waals surface area (Å²) in [5.41, 5.74) is 3.03. The number of carbonyl (C=O) groups excluding carboxylic acids is 3. The van der Waals surface area contributed by atoms with E-state index in [1.54, 1.807) is 0 Å². The number of nitrogens with one attached hydrogen (secondary N) is 1. The van der Waals surface area contributed by atoms with E-state index in [-0.39, 0.29) is 54.4 Å². The zero-order valence-corrected chi connectivity index (χ0v) is 15.6. The Labute approximate surface area is 158 Å². The molecule has 4 aliphatic carbocycles. The Bertz CT molecular complexity index is 854. The first-order chi connectivity index (χ1) is 13.0. The zero-order chi connectivity index (χ0) is 18.9. The molecule has 5 nitrogen and oxygen atoms in total. The van der Waals surface area contributed by atoms with Gasteiger partial charge in [0.15, 0.2) is 0 Å². The summed E-state index contributed by atoms with van der Waals surface area (Å²) in [5, 5.41) is 2.87. The van der Waals surface area contributed by atoms with Crippen LogP contribution in [0.2, 0.25) is 0 Å². The minimum absolute atomic E-state index is 0.0614. The van der Waals surface area contributed by atoms with Gasteiger partial charge in [-0.25, -0.2) is 0 Å². The Balaban J connectivity index is 1.24. The Hall–Kier alpha value is -2.43. The van der Waals surface area contributed by atoms with Crippen LogP contribution in [0.1, 0.15) is 24.0 Å². The number of imide groups is 1. The van der Waals surface area contributed by atoms with Crippen molar-refractivity contribution in [2.24, 2.45) is 35.5 Å². The average molecular weight is 364 g/mol. The van der Waals surface area contributed by atoms with E-state index in [1.165, 1.54) is 10.5 Å². The molecule has 1 saturated heterocycles. The molecule has 2 saturated carbocycles. The van der Waals surface area contributed by atoms with Crippen LogP contribution in [0.3, 0.4) is 0 Å². The van der Waals surface area contributed by atoms with Crippen molar-refractivity contribution < 1.29 is 14.4 Å². The molecule has 2 bridgehead atoms. The minimum Gasteiger partial charge on any atom is -0.326 e. The maximum absolute atomic E-state index is 12.9. The van der Waals surface area contributed by atoms with Crippen molar-refractivity contribution in [2.75, 3.05) is 11.9 Å². The van der Waals surface area contributed by atoms with Crippen LogP contribution in [-0.4, -0.2) is 29.2 Å². The molecule has 140 valence electrons. The van der Waals surface area contributed by atoms with E-state index in [4.69, 9.17) is 0 Å². The fourth-order valence-corrected chi connectivity index (χ4v) is 5.50. The van der Waals surface area contributed by atoms with E-state index in [0.717, 1.165) is 17.7 Å². The summed E-state index contributed by atoms with van der Waals surface area (Å²) >= 11 is 0. The number of nitrogens with zero attached hydrogens (tertiary/aromatic N) is 1. The number of carbonyl (C=O) groups is 3. The van der Waals surface area contributed by atoms with Gasteiger partial charge in [-0.1, -0.05) is 18.2 Å². The van der Waals surface area contributed by atoms with E-state index in [2.05, 4.69) is 17.5 Å². The smallest absolute Gasteiger partial charge is 0.233 e. The molecule has 1 aromatic rings. The number of anilines is 1. The third-order valence-corrected chi connectivity index (χ3v) is 7.11. The van der Waals surface area contributed by atoms with Gasteiger partial charge >= 0.3 is 0 Å². The second-order valence-electron chi connectivity index (χ2n) is 8.58. The summed E-state index contributed by atoms with van der Waals surface area (Å²) < 4.78 is 0. The van der Waals surface area contributed by atoms with Crippen LogP contribution in [0.25, 0.3) is 0 Å². The molecule has 1 aromatic carbocycles. The van der Waals surface area contributed by atoms with Crippen molar-refractivity contribution in [1.29, 1.82) is 0 Å². The van der Waals surface area contributed by atoms with Gasteiger partial charge < -0.3 is 5.32 Å². The standard InChI is InChI=1S/C22H24N2O3/c1-11-3-4-13(9-12(11)2)23-18(25)7-8-24-21(26)19-14-5-6-15(17-10-16(14)17)20(19)22(24)27/h3-6,9,14-17,19-20H,7-8,10H2,1-2H3,(H,23,25)/t14-,15-,16-,17-,19-,20+/m1/s1. The van der Waals surface area contributed by atoms with Crippen LogP contribution < -0.4 is 5.32 Å². The molecule has 3 fully saturated rings. The molecule has 27 heavy (non-hydrogen) atoms. The molecule has 0 unspecified atom stereocenters. The number of hydrogen-bond acceptors (Lipinski definition) is 3. The average Bonchev–Trinajstić information content (AvgIpc) is 3.42. The predicted octanol–water partition coefficient (Wildman–Crippen LogP) is 2.69. The van der Waals surface area contributed by atoms with Gasteiger partial charge in [-0.15, -0.1) is 0 Å². The highest BCUT2D eigenvalue weighted by atomic mass is 16.2. The quantitative estimate of drug-likeness (QED) is 0.660. The first-order valence-corrected chi connectivity index (χ1v) is 9.86. The summed E-state index contributed by atoms with van der Waals surface area (Å²) in [4.78, 5) is 39.5. The van der Waals surface area contributed by atoms with E-state index in [1.807, 2.05) is 32.0 Å². The lowest BCUT2D eigenvalue weighted by Gasteiger charge is -2.37.